The lowest BCUT2D eigenvalue weighted by molar-refractivity contribution is -0.109. The summed E-state index contributed by atoms with van der Waals surface area (Å²) in [6, 6.07) is 0.350. The van der Waals surface area contributed by atoms with Crippen LogP contribution < -0.4 is 5.32 Å². The molecule has 1 amide bonds. The molecule has 104 valence electrons. The molecule has 1 rings (SSSR count). The van der Waals surface area contributed by atoms with Gasteiger partial charge in [-0.3, -0.25) is 0 Å². The largest absolute Gasteiger partial charge is 0.444 e. The van der Waals surface area contributed by atoms with Gasteiger partial charge in [0, 0.05) is 5.56 Å². The number of nitrogens with zero attached hydrogens (tertiary/aromatic N) is 2. The Bertz CT molecular complexity index is 489. The van der Waals surface area contributed by atoms with E-state index >= 15 is 0 Å². The summed E-state index contributed by atoms with van der Waals surface area (Å²) in [7, 11) is 0. The summed E-state index contributed by atoms with van der Waals surface area (Å²) in [6.45, 7) is 5.13. The summed E-state index contributed by atoms with van der Waals surface area (Å²) in [5, 5.41) is 9.50. The van der Waals surface area contributed by atoms with Gasteiger partial charge in [0.1, 0.15) is 17.9 Å². The molecular formula is C11H13Cl2N3O3. The van der Waals surface area contributed by atoms with Crippen molar-refractivity contribution in [2.45, 2.75) is 32.4 Å². The Morgan fingerprint density at radius 2 is 2.05 bits per heavy atom. The number of carbonyl (C=O) groups is 2. The maximum absolute atomic E-state index is 11.6. The van der Waals surface area contributed by atoms with Gasteiger partial charge in [-0.15, -0.1) is 10.2 Å². The average molecular weight is 306 g/mol. The molecule has 19 heavy (non-hydrogen) atoms. The van der Waals surface area contributed by atoms with Crippen LogP contribution in [0.3, 0.4) is 0 Å². The van der Waals surface area contributed by atoms with Gasteiger partial charge in [0.25, 0.3) is 0 Å². The van der Waals surface area contributed by atoms with Crippen molar-refractivity contribution in [3.8, 4) is 0 Å². The van der Waals surface area contributed by atoms with Crippen LogP contribution in [0.15, 0.2) is 6.07 Å². The highest BCUT2D eigenvalue weighted by Crippen LogP contribution is 2.22. The summed E-state index contributed by atoms with van der Waals surface area (Å²) < 4.78 is 5.04. The maximum atomic E-state index is 11.6. The number of ether oxygens (including phenoxy) is 1. The molecule has 0 aliphatic heterocycles. The highest BCUT2D eigenvalue weighted by molar-refractivity contribution is 6.32. The number of nitrogens with one attached hydrogen (secondary N) is 1. The molecule has 0 fully saturated rings. The zero-order valence-electron chi connectivity index (χ0n) is 10.6. The van der Waals surface area contributed by atoms with Gasteiger partial charge in [0.15, 0.2) is 10.3 Å². The number of hydrogen-bond donors (Lipinski definition) is 1. The molecule has 0 saturated carbocycles. The van der Waals surface area contributed by atoms with E-state index in [-0.39, 0.29) is 15.9 Å². The maximum Gasteiger partial charge on any atom is 0.408 e. The van der Waals surface area contributed by atoms with Crippen molar-refractivity contribution in [2.75, 3.05) is 0 Å². The quantitative estimate of drug-likeness (QED) is 0.868. The van der Waals surface area contributed by atoms with Crippen molar-refractivity contribution in [2.24, 2.45) is 0 Å². The Kier molecular flexibility index (Phi) is 5.08. The molecule has 1 N–H and O–H groups in total. The second-order valence-corrected chi connectivity index (χ2v) is 5.42. The minimum atomic E-state index is -1.00. The lowest BCUT2D eigenvalue weighted by Gasteiger charge is -2.21. The van der Waals surface area contributed by atoms with E-state index in [0.29, 0.717) is 6.29 Å². The van der Waals surface area contributed by atoms with Gasteiger partial charge < -0.3 is 14.8 Å². The molecule has 0 saturated heterocycles. The summed E-state index contributed by atoms with van der Waals surface area (Å²) >= 11 is 11.5. The van der Waals surface area contributed by atoms with Gasteiger partial charge in [-0.2, -0.15) is 0 Å². The molecule has 1 aromatic heterocycles. The fourth-order valence-corrected chi connectivity index (χ4v) is 1.57. The molecule has 6 nitrogen and oxygen atoms in total. The van der Waals surface area contributed by atoms with Crippen molar-refractivity contribution in [1.29, 1.82) is 0 Å². The molecular weight excluding hydrogens is 293 g/mol. The smallest absolute Gasteiger partial charge is 0.408 e. The van der Waals surface area contributed by atoms with Gasteiger partial charge in [-0.05, 0) is 26.8 Å². The van der Waals surface area contributed by atoms with Crippen LogP contribution >= 0.6 is 23.2 Å². The first-order valence-electron chi connectivity index (χ1n) is 5.36. The number of aromatic nitrogens is 2. The van der Waals surface area contributed by atoms with E-state index in [1.165, 1.54) is 6.07 Å². The van der Waals surface area contributed by atoms with E-state index in [1.54, 1.807) is 20.8 Å². The molecule has 0 radical (unpaired) electrons. The molecule has 1 atom stereocenters. The van der Waals surface area contributed by atoms with E-state index in [2.05, 4.69) is 15.5 Å². The van der Waals surface area contributed by atoms with Crippen LogP contribution in [0.2, 0.25) is 10.3 Å². The molecule has 1 unspecified atom stereocenters. The number of alkyl carbamates (subject to hydrolysis) is 1. The van der Waals surface area contributed by atoms with E-state index in [0.717, 1.165) is 0 Å². The molecule has 0 spiro atoms. The third kappa shape index (κ3) is 5.00. The minimum absolute atomic E-state index is 0.0161. The second-order valence-electron chi connectivity index (χ2n) is 4.67. The normalized spacial score (nSPS) is 12.7. The summed E-state index contributed by atoms with van der Waals surface area (Å²) in [6.07, 6.45) is -0.239. The van der Waals surface area contributed by atoms with Crippen LogP contribution in [-0.2, 0) is 9.53 Å². The van der Waals surface area contributed by atoms with Gasteiger partial charge in [-0.1, -0.05) is 23.2 Å². The molecule has 0 aliphatic rings. The highest BCUT2D eigenvalue weighted by Gasteiger charge is 2.22. The van der Waals surface area contributed by atoms with Gasteiger partial charge in [0.2, 0.25) is 0 Å². The van der Waals surface area contributed by atoms with Gasteiger partial charge >= 0.3 is 6.09 Å². The van der Waals surface area contributed by atoms with Crippen LogP contribution in [0, 0.1) is 0 Å². The van der Waals surface area contributed by atoms with E-state index in [9.17, 15) is 9.59 Å². The lowest BCUT2D eigenvalue weighted by Crippen LogP contribution is -2.35. The third-order valence-electron chi connectivity index (χ3n) is 1.89. The monoisotopic (exact) mass is 305 g/mol. The van der Waals surface area contributed by atoms with Crippen LogP contribution in [-0.4, -0.2) is 28.2 Å². The molecule has 0 aromatic carbocycles. The van der Waals surface area contributed by atoms with Crippen LogP contribution in [0.4, 0.5) is 4.79 Å². The molecule has 0 aliphatic carbocycles. The fraction of sp³-hybridized carbons (Fsp3) is 0.455. The summed E-state index contributed by atoms with van der Waals surface area (Å²) in [5.41, 5.74) is -0.419. The minimum Gasteiger partial charge on any atom is -0.444 e. The van der Waals surface area contributed by atoms with Crippen LogP contribution in [0.1, 0.15) is 32.4 Å². The van der Waals surface area contributed by atoms with E-state index in [4.69, 9.17) is 27.9 Å². The SMILES string of the molecule is CC(C)(C)OC(=O)NC(C=O)c1cc(Cl)nnc1Cl. The van der Waals surface area contributed by atoms with Crippen LogP contribution in [0.25, 0.3) is 0 Å². The Labute approximate surface area is 120 Å². The first-order chi connectivity index (χ1) is 8.73. The van der Waals surface area contributed by atoms with Crippen molar-refractivity contribution in [3.63, 3.8) is 0 Å². The fourth-order valence-electron chi connectivity index (χ4n) is 1.20. The third-order valence-corrected chi connectivity index (χ3v) is 2.37. The Morgan fingerprint density at radius 1 is 1.42 bits per heavy atom. The van der Waals surface area contributed by atoms with Crippen LogP contribution in [0.5, 0.6) is 0 Å². The molecule has 8 heteroatoms. The summed E-state index contributed by atoms with van der Waals surface area (Å²) in [4.78, 5) is 22.6. The first-order valence-corrected chi connectivity index (χ1v) is 6.12. The molecule has 0 bridgehead atoms. The molecule has 1 heterocycles. The Morgan fingerprint density at radius 3 is 2.58 bits per heavy atom. The van der Waals surface area contributed by atoms with Crippen molar-refractivity contribution < 1.29 is 14.3 Å². The number of rotatable bonds is 3. The zero-order chi connectivity index (χ0) is 14.6. The topological polar surface area (TPSA) is 81.2 Å². The van der Waals surface area contributed by atoms with Crippen molar-refractivity contribution >= 4 is 35.6 Å². The predicted molar refractivity (Wildman–Crippen MR) is 70.2 cm³/mol. The number of aldehydes is 1. The number of carbonyl (C=O) groups excluding carboxylic acids is 2. The predicted octanol–water partition coefficient (Wildman–Crippen LogP) is 2.55. The lowest BCUT2D eigenvalue weighted by atomic mass is 10.1. The van der Waals surface area contributed by atoms with Crippen molar-refractivity contribution in [3.05, 3.63) is 21.9 Å². The number of hydrogen-bond acceptors (Lipinski definition) is 5. The highest BCUT2D eigenvalue weighted by atomic mass is 35.5. The first kappa shape index (κ1) is 15.7. The Balaban J connectivity index is 2.87. The van der Waals surface area contributed by atoms with E-state index in [1.807, 2.05) is 0 Å². The average Bonchev–Trinajstić information content (AvgIpc) is 2.27. The second kappa shape index (κ2) is 6.16. The van der Waals surface area contributed by atoms with Gasteiger partial charge in [0.05, 0.1) is 0 Å². The zero-order valence-corrected chi connectivity index (χ0v) is 12.1. The summed E-state index contributed by atoms with van der Waals surface area (Å²) in [5.74, 6) is 0. The standard InChI is InChI=1S/C11H13Cl2N3O3/c1-11(2,3)19-10(18)14-7(5-17)6-4-8(12)15-16-9(6)13/h4-5,7H,1-3H3,(H,14,18). The number of halogens is 2. The van der Waals surface area contributed by atoms with Gasteiger partial charge in [-0.25, -0.2) is 4.79 Å². The van der Waals surface area contributed by atoms with E-state index < -0.39 is 17.7 Å². The van der Waals surface area contributed by atoms with Crippen molar-refractivity contribution in [1.82, 2.24) is 15.5 Å². The Hall–Kier alpha value is -1.40. The number of amides is 1. The molecule has 1 aromatic rings.